The van der Waals surface area contributed by atoms with E-state index in [1.807, 2.05) is 4.90 Å². The second-order valence-corrected chi connectivity index (χ2v) is 11.2. The molecule has 2 fully saturated rings. The molecule has 1 saturated carbocycles. The van der Waals surface area contributed by atoms with Crippen LogP contribution >= 0.6 is 11.6 Å². The van der Waals surface area contributed by atoms with E-state index in [0.29, 0.717) is 36.3 Å². The molecular weight excluding hydrogens is 481 g/mol. The molecule has 7 nitrogen and oxygen atoms in total. The number of amides is 1. The largest absolute Gasteiger partial charge is 0.402 e. The highest BCUT2D eigenvalue weighted by molar-refractivity contribution is 7.89. The molecule has 12 heteroatoms. The number of carbonyl (C=O) groups excluding carboxylic acids is 1. The first kappa shape index (κ1) is 26.2. The summed E-state index contributed by atoms with van der Waals surface area (Å²) in [4.78, 5) is 20.4. The lowest BCUT2D eigenvalue weighted by molar-refractivity contribution is -0.144. The minimum absolute atomic E-state index is 0.0176. The number of hydrogen-bond acceptors (Lipinski definition) is 5. The van der Waals surface area contributed by atoms with Crippen LogP contribution in [0.4, 0.5) is 13.2 Å². The van der Waals surface area contributed by atoms with Crippen molar-refractivity contribution in [2.45, 2.75) is 62.7 Å². The molecule has 1 amide bonds. The lowest BCUT2D eigenvalue weighted by atomic mass is 9.85. The number of alkyl halides is 3. The first-order valence-corrected chi connectivity index (χ1v) is 12.9. The Hall–Kier alpha value is -1.43. The van der Waals surface area contributed by atoms with Crippen LogP contribution in [0.15, 0.2) is 23.2 Å². The number of aromatic nitrogens is 1. The van der Waals surface area contributed by atoms with Crippen molar-refractivity contribution in [3.63, 3.8) is 0 Å². The predicted molar refractivity (Wildman–Crippen MR) is 118 cm³/mol. The van der Waals surface area contributed by atoms with Gasteiger partial charge in [-0.25, -0.2) is 13.4 Å². The maximum atomic E-state index is 13.3. The van der Waals surface area contributed by atoms with Crippen molar-refractivity contribution in [3.05, 3.63) is 23.5 Å². The van der Waals surface area contributed by atoms with Crippen molar-refractivity contribution in [2.75, 3.05) is 32.7 Å². The van der Waals surface area contributed by atoms with Crippen LogP contribution in [0, 0.1) is 5.92 Å². The number of hydrogen-bond donors (Lipinski definition) is 0. The molecule has 0 N–H and O–H groups in total. The number of nitrogens with zero attached hydrogens (tertiary/aromatic N) is 4. The Morgan fingerprint density at radius 2 is 1.76 bits per heavy atom. The van der Waals surface area contributed by atoms with Crippen molar-refractivity contribution in [1.29, 1.82) is 0 Å². The van der Waals surface area contributed by atoms with Gasteiger partial charge in [-0.1, -0.05) is 11.6 Å². The molecule has 1 saturated heterocycles. The molecule has 1 aliphatic heterocycles. The monoisotopic (exact) mass is 510 g/mol. The van der Waals surface area contributed by atoms with Crippen LogP contribution in [0.1, 0.15) is 39.5 Å². The average molecular weight is 511 g/mol. The SMILES string of the molecule is CC(C)N1CCN(C(=O)[C@H]2CC[C@H](N(CC(F)(F)F)S(=O)(=O)c3ccc(Cl)nc3)CC2)CC1. The topological polar surface area (TPSA) is 73.8 Å². The van der Waals surface area contributed by atoms with Gasteiger partial charge in [0.25, 0.3) is 0 Å². The van der Waals surface area contributed by atoms with E-state index in [4.69, 9.17) is 11.6 Å². The summed E-state index contributed by atoms with van der Waals surface area (Å²) < 4.78 is 66.5. The Labute approximate surface area is 197 Å². The summed E-state index contributed by atoms with van der Waals surface area (Å²) in [6.07, 6.45) is -2.63. The van der Waals surface area contributed by atoms with E-state index in [2.05, 4.69) is 23.7 Å². The van der Waals surface area contributed by atoms with Crippen LogP contribution in [0.5, 0.6) is 0 Å². The number of halogens is 4. The van der Waals surface area contributed by atoms with Gasteiger partial charge in [-0.15, -0.1) is 0 Å². The summed E-state index contributed by atoms with van der Waals surface area (Å²) in [5, 5.41) is 0.0459. The molecule has 2 aliphatic rings. The fraction of sp³-hybridized carbons (Fsp3) is 0.714. The molecule has 0 bridgehead atoms. The molecule has 1 aliphatic carbocycles. The third-order valence-electron chi connectivity index (χ3n) is 6.45. The van der Waals surface area contributed by atoms with Crippen LogP contribution in [0.2, 0.25) is 5.15 Å². The van der Waals surface area contributed by atoms with Crippen molar-refractivity contribution in [1.82, 2.24) is 19.1 Å². The Bertz CT molecular complexity index is 912. The summed E-state index contributed by atoms with van der Waals surface area (Å²) in [6.45, 7) is 5.50. The maximum Gasteiger partial charge on any atom is 0.402 e. The van der Waals surface area contributed by atoms with Gasteiger partial charge in [0.05, 0.1) is 0 Å². The lowest BCUT2D eigenvalue weighted by Gasteiger charge is -2.40. The Kier molecular flexibility index (Phi) is 8.29. The highest BCUT2D eigenvalue weighted by Gasteiger charge is 2.43. The molecule has 2 heterocycles. The zero-order chi connectivity index (χ0) is 24.4. The summed E-state index contributed by atoms with van der Waals surface area (Å²) in [5.74, 6) is -0.275. The van der Waals surface area contributed by atoms with Gasteiger partial charge in [-0.2, -0.15) is 17.5 Å². The van der Waals surface area contributed by atoms with Gasteiger partial charge < -0.3 is 4.90 Å². The number of piperazine rings is 1. The molecule has 0 spiro atoms. The first-order chi connectivity index (χ1) is 15.4. The third-order valence-corrected chi connectivity index (χ3v) is 8.56. The summed E-state index contributed by atoms with van der Waals surface area (Å²) in [7, 11) is -4.43. The van der Waals surface area contributed by atoms with E-state index in [1.54, 1.807) is 0 Å². The lowest BCUT2D eigenvalue weighted by Crippen LogP contribution is -2.53. The second kappa shape index (κ2) is 10.5. The van der Waals surface area contributed by atoms with E-state index in [0.717, 1.165) is 25.4 Å². The maximum absolute atomic E-state index is 13.3. The van der Waals surface area contributed by atoms with E-state index < -0.39 is 28.8 Å². The van der Waals surface area contributed by atoms with Gasteiger partial charge in [0, 0.05) is 50.4 Å². The Morgan fingerprint density at radius 3 is 2.24 bits per heavy atom. The van der Waals surface area contributed by atoms with Gasteiger partial charge in [0.15, 0.2) is 0 Å². The van der Waals surface area contributed by atoms with Crippen molar-refractivity contribution in [2.24, 2.45) is 5.92 Å². The molecule has 1 aromatic heterocycles. The molecule has 0 unspecified atom stereocenters. The standard InChI is InChI=1S/C21H30ClF3N4O3S/c1-15(2)27-9-11-28(12-10-27)20(30)16-3-5-17(6-4-16)29(14-21(23,24)25)33(31,32)18-7-8-19(22)26-13-18/h7-8,13,15-17H,3-6,9-12,14H2,1-2H3/t16-,17-. The van der Waals surface area contributed by atoms with E-state index >= 15 is 0 Å². The smallest absolute Gasteiger partial charge is 0.340 e. The number of rotatable bonds is 6. The zero-order valence-electron chi connectivity index (χ0n) is 18.8. The first-order valence-electron chi connectivity index (χ1n) is 11.1. The van der Waals surface area contributed by atoms with Gasteiger partial charge >= 0.3 is 6.18 Å². The van der Waals surface area contributed by atoms with Crippen LogP contribution < -0.4 is 0 Å². The summed E-state index contributed by atoms with van der Waals surface area (Å²) in [5.41, 5.74) is 0. The van der Waals surface area contributed by atoms with Crippen molar-refractivity contribution >= 4 is 27.5 Å². The number of pyridine rings is 1. The quantitative estimate of drug-likeness (QED) is 0.548. The van der Waals surface area contributed by atoms with E-state index in [-0.39, 0.29) is 34.7 Å². The van der Waals surface area contributed by atoms with Crippen molar-refractivity contribution < 1.29 is 26.4 Å². The third kappa shape index (κ3) is 6.58. The van der Waals surface area contributed by atoms with Gasteiger partial charge in [-0.05, 0) is 51.7 Å². The molecule has 0 radical (unpaired) electrons. The van der Waals surface area contributed by atoms with Gasteiger partial charge in [-0.3, -0.25) is 9.69 Å². The molecule has 186 valence electrons. The molecule has 3 rings (SSSR count). The second-order valence-electron chi connectivity index (χ2n) is 8.94. The average Bonchev–Trinajstić information content (AvgIpc) is 2.77. The van der Waals surface area contributed by atoms with Crippen molar-refractivity contribution in [3.8, 4) is 0 Å². The summed E-state index contributed by atoms with van der Waals surface area (Å²) >= 11 is 5.69. The highest BCUT2D eigenvalue weighted by atomic mass is 35.5. The highest BCUT2D eigenvalue weighted by Crippen LogP contribution is 2.34. The normalized spacial score (nSPS) is 23.3. The zero-order valence-corrected chi connectivity index (χ0v) is 20.3. The van der Waals surface area contributed by atoms with E-state index in [1.165, 1.54) is 6.07 Å². The molecule has 1 aromatic rings. The molecule has 33 heavy (non-hydrogen) atoms. The Balaban J connectivity index is 1.67. The fourth-order valence-corrected chi connectivity index (χ4v) is 6.29. The number of sulfonamides is 1. The van der Waals surface area contributed by atoms with Gasteiger partial charge in [0.2, 0.25) is 15.9 Å². The predicted octanol–water partition coefficient (Wildman–Crippen LogP) is 3.40. The van der Waals surface area contributed by atoms with Crippen LogP contribution in [-0.2, 0) is 14.8 Å². The molecular formula is C21H30ClF3N4O3S. The minimum Gasteiger partial charge on any atom is -0.340 e. The minimum atomic E-state index is -4.70. The Morgan fingerprint density at radius 1 is 1.15 bits per heavy atom. The van der Waals surface area contributed by atoms with Gasteiger partial charge in [0.1, 0.15) is 16.6 Å². The van der Waals surface area contributed by atoms with Crippen LogP contribution in [-0.4, -0.2) is 84.4 Å². The van der Waals surface area contributed by atoms with Crippen LogP contribution in [0.3, 0.4) is 0 Å². The number of carbonyl (C=O) groups is 1. The fourth-order valence-electron chi connectivity index (χ4n) is 4.56. The molecule has 0 atom stereocenters. The molecule has 0 aromatic carbocycles. The summed E-state index contributed by atoms with van der Waals surface area (Å²) in [6, 6.07) is 1.96. The van der Waals surface area contributed by atoms with Crippen LogP contribution in [0.25, 0.3) is 0 Å². The van der Waals surface area contributed by atoms with E-state index in [9.17, 15) is 26.4 Å².